The van der Waals surface area contributed by atoms with E-state index in [1.807, 2.05) is 6.07 Å². The number of benzene rings is 1. The minimum absolute atomic E-state index is 0.219. The van der Waals surface area contributed by atoms with E-state index in [0.717, 1.165) is 38.0 Å². The summed E-state index contributed by atoms with van der Waals surface area (Å²) < 4.78 is 5.82. The van der Waals surface area contributed by atoms with Gasteiger partial charge < -0.3 is 20.5 Å². The van der Waals surface area contributed by atoms with Crippen molar-refractivity contribution in [2.24, 2.45) is 0 Å². The molecule has 100 valence electrons. The summed E-state index contributed by atoms with van der Waals surface area (Å²) in [6.07, 6.45) is 2.30. The molecule has 3 N–H and O–H groups in total. The van der Waals surface area contributed by atoms with Crippen molar-refractivity contribution in [3.8, 4) is 11.5 Å². The minimum atomic E-state index is 0.219. The van der Waals surface area contributed by atoms with Crippen LogP contribution in [-0.2, 0) is 6.54 Å². The highest BCUT2D eigenvalue weighted by molar-refractivity contribution is 9.10. The number of methoxy groups -OCH3 is 1. The number of nitrogens with one attached hydrogen (secondary N) is 2. The molecule has 1 aliphatic rings. The van der Waals surface area contributed by atoms with E-state index in [4.69, 9.17) is 4.74 Å². The van der Waals surface area contributed by atoms with E-state index < -0.39 is 0 Å². The fourth-order valence-corrected chi connectivity index (χ4v) is 2.57. The number of piperidine rings is 1. The lowest BCUT2D eigenvalue weighted by atomic mass is 10.1. The van der Waals surface area contributed by atoms with Gasteiger partial charge in [0, 0.05) is 12.6 Å². The maximum atomic E-state index is 9.78. The summed E-state index contributed by atoms with van der Waals surface area (Å²) in [6, 6.07) is 4.27. The van der Waals surface area contributed by atoms with Gasteiger partial charge in [-0.05, 0) is 59.6 Å². The highest BCUT2D eigenvalue weighted by Gasteiger charge is 2.13. The second-order valence-electron chi connectivity index (χ2n) is 4.54. The Balaban J connectivity index is 1.98. The van der Waals surface area contributed by atoms with Crippen molar-refractivity contribution < 1.29 is 9.84 Å². The van der Waals surface area contributed by atoms with Gasteiger partial charge in [0.05, 0.1) is 7.11 Å². The molecule has 5 heteroatoms. The van der Waals surface area contributed by atoms with Crippen LogP contribution in [0.15, 0.2) is 16.6 Å². The Labute approximate surface area is 116 Å². The number of halogens is 1. The molecule has 1 aliphatic heterocycles. The first kappa shape index (κ1) is 13.6. The third-order valence-corrected chi connectivity index (χ3v) is 4.03. The van der Waals surface area contributed by atoms with E-state index in [0.29, 0.717) is 16.3 Å². The van der Waals surface area contributed by atoms with Crippen LogP contribution in [-0.4, -0.2) is 31.3 Å². The van der Waals surface area contributed by atoms with Crippen molar-refractivity contribution in [1.29, 1.82) is 0 Å². The Bertz CT molecular complexity index is 406. The maximum absolute atomic E-state index is 9.78. The van der Waals surface area contributed by atoms with Gasteiger partial charge in [0.15, 0.2) is 0 Å². The molecule has 0 amide bonds. The minimum Gasteiger partial charge on any atom is -0.507 e. The van der Waals surface area contributed by atoms with Crippen molar-refractivity contribution in [3.05, 3.63) is 22.2 Å². The summed E-state index contributed by atoms with van der Waals surface area (Å²) in [6.45, 7) is 2.90. The summed E-state index contributed by atoms with van der Waals surface area (Å²) in [7, 11) is 1.60. The molecule has 1 aromatic carbocycles. The van der Waals surface area contributed by atoms with Gasteiger partial charge >= 0.3 is 0 Å². The summed E-state index contributed by atoms with van der Waals surface area (Å²) in [5.74, 6) is 0.883. The third kappa shape index (κ3) is 3.37. The van der Waals surface area contributed by atoms with Crippen molar-refractivity contribution in [3.63, 3.8) is 0 Å². The Kier molecular flexibility index (Phi) is 4.86. The first-order valence-corrected chi connectivity index (χ1v) is 6.99. The standard InChI is InChI=1S/C13H19BrN2O2/c1-18-12-7-9(6-11(17)13(12)14)8-16-10-2-4-15-5-3-10/h6-7,10,15-17H,2-5,8H2,1H3. The van der Waals surface area contributed by atoms with E-state index in [2.05, 4.69) is 26.6 Å². The zero-order valence-corrected chi connectivity index (χ0v) is 12.1. The first-order valence-electron chi connectivity index (χ1n) is 6.20. The normalized spacial score (nSPS) is 16.8. The fourth-order valence-electron chi connectivity index (χ4n) is 2.18. The third-order valence-electron chi connectivity index (χ3n) is 3.23. The topological polar surface area (TPSA) is 53.5 Å². The van der Waals surface area contributed by atoms with Crippen molar-refractivity contribution in [2.45, 2.75) is 25.4 Å². The number of phenolic OH excluding ortho intramolecular Hbond substituents is 1. The zero-order valence-electron chi connectivity index (χ0n) is 10.5. The van der Waals surface area contributed by atoms with Gasteiger partial charge in [-0.3, -0.25) is 0 Å². The number of hydrogen-bond donors (Lipinski definition) is 3. The predicted molar refractivity (Wildman–Crippen MR) is 75.1 cm³/mol. The largest absolute Gasteiger partial charge is 0.507 e. The van der Waals surface area contributed by atoms with Gasteiger partial charge in [0.1, 0.15) is 16.0 Å². The number of hydrogen-bond acceptors (Lipinski definition) is 4. The molecule has 1 fully saturated rings. The summed E-state index contributed by atoms with van der Waals surface area (Å²) in [5, 5.41) is 16.6. The molecule has 1 saturated heterocycles. The molecule has 0 bridgehead atoms. The molecule has 2 rings (SSSR count). The van der Waals surface area contributed by atoms with Crippen LogP contribution in [0.4, 0.5) is 0 Å². The number of phenols is 1. The Morgan fingerprint density at radius 2 is 2.17 bits per heavy atom. The van der Waals surface area contributed by atoms with Crippen LogP contribution in [0.1, 0.15) is 18.4 Å². The van der Waals surface area contributed by atoms with Gasteiger partial charge in [-0.2, -0.15) is 0 Å². The average molecular weight is 315 g/mol. The summed E-state index contributed by atoms with van der Waals surface area (Å²) in [5.41, 5.74) is 1.03. The van der Waals surface area contributed by atoms with Crippen LogP contribution in [0.3, 0.4) is 0 Å². The molecular weight excluding hydrogens is 296 g/mol. The van der Waals surface area contributed by atoms with Crippen LogP contribution in [0.25, 0.3) is 0 Å². The second kappa shape index (κ2) is 6.41. The van der Waals surface area contributed by atoms with E-state index in [9.17, 15) is 5.11 Å². The zero-order chi connectivity index (χ0) is 13.0. The first-order chi connectivity index (χ1) is 8.70. The van der Waals surface area contributed by atoms with Gasteiger partial charge in [-0.15, -0.1) is 0 Å². The monoisotopic (exact) mass is 314 g/mol. The average Bonchev–Trinajstić information content (AvgIpc) is 2.41. The Morgan fingerprint density at radius 1 is 1.44 bits per heavy atom. The highest BCUT2D eigenvalue weighted by atomic mass is 79.9. The predicted octanol–water partition coefficient (Wildman–Crippen LogP) is 2.00. The van der Waals surface area contributed by atoms with Gasteiger partial charge in [0.2, 0.25) is 0 Å². The molecule has 0 unspecified atom stereocenters. The molecular formula is C13H19BrN2O2. The lowest BCUT2D eigenvalue weighted by Gasteiger charge is -2.24. The van der Waals surface area contributed by atoms with Crippen molar-refractivity contribution in [2.75, 3.05) is 20.2 Å². The smallest absolute Gasteiger partial charge is 0.137 e. The molecule has 0 atom stereocenters. The fraction of sp³-hybridized carbons (Fsp3) is 0.538. The van der Waals surface area contributed by atoms with E-state index >= 15 is 0 Å². The van der Waals surface area contributed by atoms with E-state index in [1.54, 1.807) is 13.2 Å². The van der Waals surface area contributed by atoms with Gasteiger partial charge in [-0.1, -0.05) is 0 Å². The number of ether oxygens (including phenoxy) is 1. The molecule has 0 aromatic heterocycles. The molecule has 0 spiro atoms. The van der Waals surface area contributed by atoms with Gasteiger partial charge in [-0.25, -0.2) is 0 Å². The van der Waals surface area contributed by atoms with Crippen molar-refractivity contribution >= 4 is 15.9 Å². The summed E-state index contributed by atoms with van der Waals surface area (Å²) in [4.78, 5) is 0. The lowest BCUT2D eigenvalue weighted by Crippen LogP contribution is -2.39. The molecule has 0 radical (unpaired) electrons. The van der Waals surface area contributed by atoms with E-state index in [-0.39, 0.29) is 5.75 Å². The van der Waals surface area contributed by atoms with E-state index in [1.165, 1.54) is 0 Å². The van der Waals surface area contributed by atoms with Crippen LogP contribution >= 0.6 is 15.9 Å². The second-order valence-corrected chi connectivity index (χ2v) is 5.33. The lowest BCUT2D eigenvalue weighted by molar-refractivity contribution is 0.383. The molecule has 4 nitrogen and oxygen atoms in total. The number of rotatable bonds is 4. The van der Waals surface area contributed by atoms with Gasteiger partial charge in [0.25, 0.3) is 0 Å². The molecule has 1 aromatic rings. The Hall–Kier alpha value is -0.780. The van der Waals surface area contributed by atoms with Crippen molar-refractivity contribution in [1.82, 2.24) is 10.6 Å². The number of aromatic hydroxyl groups is 1. The van der Waals surface area contributed by atoms with Crippen LogP contribution in [0.5, 0.6) is 11.5 Å². The SMILES string of the molecule is COc1cc(CNC2CCNCC2)cc(O)c1Br. The molecule has 0 aliphatic carbocycles. The summed E-state index contributed by atoms with van der Waals surface area (Å²) >= 11 is 3.30. The van der Waals surface area contributed by atoms with Crippen LogP contribution in [0, 0.1) is 0 Å². The quantitative estimate of drug-likeness (QED) is 0.795. The Morgan fingerprint density at radius 3 is 2.83 bits per heavy atom. The molecule has 1 heterocycles. The molecule has 0 saturated carbocycles. The van der Waals surface area contributed by atoms with Crippen LogP contribution in [0.2, 0.25) is 0 Å². The maximum Gasteiger partial charge on any atom is 0.137 e. The molecule has 18 heavy (non-hydrogen) atoms. The highest BCUT2D eigenvalue weighted by Crippen LogP contribution is 2.34. The van der Waals surface area contributed by atoms with Crippen LogP contribution < -0.4 is 15.4 Å².